The number of hydrogen-bond donors (Lipinski definition) is 2. The lowest BCUT2D eigenvalue weighted by molar-refractivity contribution is -0.118. The zero-order valence-electron chi connectivity index (χ0n) is 11.4. The summed E-state index contributed by atoms with van der Waals surface area (Å²) in [6, 6.07) is 7.61. The van der Waals surface area contributed by atoms with Crippen LogP contribution in [0.15, 0.2) is 24.3 Å². The van der Waals surface area contributed by atoms with E-state index in [1.807, 2.05) is 31.2 Å². The summed E-state index contributed by atoms with van der Waals surface area (Å²) in [5, 5.41) is 3.19. The largest absolute Gasteiger partial charge is 0.490 e. The molecule has 0 bridgehead atoms. The molecule has 0 aromatic heterocycles. The fourth-order valence-corrected chi connectivity index (χ4v) is 1.59. The summed E-state index contributed by atoms with van der Waals surface area (Å²) < 4.78 is 11.1. The molecule has 1 aromatic rings. The van der Waals surface area contributed by atoms with Crippen molar-refractivity contribution in [3.63, 3.8) is 0 Å². The molecule has 0 heterocycles. The van der Waals surface area contributed by atoms with Gasteiger partial charge in [0, 0.05) is 13.0 Å². The minimum absolute atomic E-state index is 0.260. The molecule has 0 aliphatic rings. The van der Waals surface area contributed by atoms with Crippen LogP contribution in [0.25, 0.3) is 0 Å². The maximum Gasteiger partial charge on any atom is 0.217 e. The summed E-state index contributed by atoms with van der Waals surface area (Å²) in [6.45, 7) is 4.60. The van der Waals surface area contributed by atoms with Crippen molar-refractivity contribution in [3.05, 3.63) is 24.3 Å². The first-order valence-electron chi connectivity index (χ1n) is 6.57. The Kier molecular flexibility index (Phi) is 7.43. The van der Waals surface area contributed by atoms with Gasteiger partial charge in [-0.3, -0.25) is 4.79 Å². The van der Waals surface area contributed by atoms with Gasteiger partial charge in [0.2, 0.25) is 5.91 Å². The quantitative estimate of drug-likeness (QED) is 0.626. The smallest absolute Gasteiger partial charge is 0.217 e. The highest BCUT2D eigenvalue weighted by molar-refractivity contribution is 5.73. The van der Waals surface area contributed by atoms with Gasteiger partial charge in [0.1, 0.15) is 6.61 Å². The third-order valence-corrected chi connectivity index (χ3v) is 2.46. The van der Waals surface area contributed by atoms with Crippen LogP contribution in [0.4, 0.5) is 0 Å². The van der Waals surface area contributed by atoms with Gasteiger partial charge in [-0.2, -0.15) is 0 Å². The topological polar surface area (TPSA) is 73.6 Å². The average Bonchev–Trinajstić information content (AvgIpc) is 2.39. The molecule has 0 aliphatic heterocycles. The maximum atomic E-state index is 10.5. The van der Waals surface area contributed by atoms with Gasteiger partial charge >= 0.3 is 0 Å². The molecule has 0 radical (unpaired) electrons. The second-order valence-corrected chi connectivity index (χ2v) is 4.05. The number of rotatable bonds is 10. The van der Waals surface area contributed by atoms with Crippen LogP contribution in [-0.4, -0.2) is 32.2 Å². The third-order valence-electron chi connectivity index (χ3n) is 2.46. The highest BCUT2D eigenvalue weighted by Gasteiger charge is 2.02. The Bertz CT molecular complexity index is 383. The molecule has 0 aliphatic carbocycles. The van der Waals surface area contributed by atoms with E-state index in [0.717, 1.165) is 31.0 Å². The highest BCUT2D eigenvalue weighted by atomic mass is 16.5. The van der Waals surface area contributed by atoms with Gasteiger partial charge in [0.15, 0.2) is 11.5 Å². The fraction of sp³-hybridized carbons (Fsp3) is 0.500. The second kappa shape index (κ2) is 9.22. The zero-order chi connectivity index (χ0) is 13.9. The summed E-state index contributed by atoms with van der Waals surface area (Å²) in [5.74, 6) is 1.26. The Labute approximate surface area is 114 Å². The van der Waals surface area contributed by atoms with E-state index >= 15 is 0 Å². The number of para-hydroxylation sites is 2. The molecule has 0 spiro atoms. The predicted molar refractivity (Wildman–Crippen MR) is 74.4 cm³/mol. The Hall–Kier alpha value is -1.75. The molecule has 1 aromatic carbocycles. The van der Waals surface area contributed by atoms with Crippen molar-refractivity contribution >= 4 is 5.91 Å². The molecule has 106 valence electrons. The van der Waals surface area contributed by atoms with Crippen LogP contribution in [0.3, 0.4) is 0 Å². The van der Waals surface area contributed by atoms with Crippen molar-refractivity contribution in [2.24, 2.45) is 5.73 Å². The Morgan fingerprint density at radius 1 is 1.21 bits per heavy atom. The number of hydrogen-bond acceptors (Lipinski definition) is 4. The number of benzene rings is 1. The van der Waals surface area contributed by atoms with E-state index in [4.69, 9.17) is 15.2 Å². The second-order valence-electron chi connectivity index (χ2n) is 4.05. The standard InChI is InChI=1S/C14H22N2O3/c1-2-18-12-6-3-4-7-13(12)19-11-10-16-9-5-8-14(15)17/h3-4,6-7,16H,2,5,8-11H2,1H3,(H2,15,17). The van der Waals surface area contributed by atoms with Crippen LogP contribution in [0, 0.1) is 0 Å². The number of amides is 1. The number of carbonyl (C=O) groups is 1. The molecular formula is C14H22N2O3. The van der Waals surface area contributed by atoms with Gasteiger partial charge in [-0.15, -0.1) is 0 Å². The summed E-state index contributed by atoms with van der Waals surface area (Å²) in [4.78, 5) is 10.5. The monoisotopic (exact) mass is 266 g/mol. The fourth-order valence-electron chi connectivity index (χ4n) is 1.59. The van der Waals surface area contributed by atoms with E-state index in [1.165, 1.54) is 0 Å². The first-order valence-corrected chi connectivity index (χ1v) is 6.57. The molecule has 0 atom stereocenters. The van der Waals surface area contributed by atoms with Crippen LogP contribution < -0.4 is 20.5 Å². The number of nitrogens with two attached hydrogens (primary N) is 1. The Balaban J connectivity index is 2.17. The van der Waals surface area contributed by atoms with E-state index in [-0.39, 0.29) is 5.91 Å². The molecule has 3 N–H and O–H groups in total. The summed E-state index contributed by atoms with van der Waals surface area (Å²) in [5.41, 5.74) is 5.05. The van der Waals surface area contributed by atoms with Crippen LogP contribution >= 0.6 is 0 Å². The van der Waals surface area contributed by atoms with Gasteiger partial charge in [-0.25, -0.2) is 0 Å². The van der Waals surface area contributed by atoms with E-state index in [1.54, 1.807) is 0 Å². The van der Waals surface area contributed by atoms with Gasteiger partial charge in [0.05, 0.1) is 6.61 Å². The molecule has 5 heteroatoms. The van der Waals surface area contributed by atoms with Crippen molar-refractivity contribution in [1.29, 1.82) is 0 Å². The number of primary amides is 1. The molecule has 19 heavy (non-hydrogen) atoms. The molecule has 1 rings (SSSR count). The average molecular weight is 266 g/mol. The molecule has 0 saturated heterocycles. The van der Waals surface area contributed by atoms with E-state index in [0.29, 0.717) is 19.6 Å². The maximum absolute atomic E-state index is 10.5. The molecule has 0 fully saturated rings. The molecule has 0 unspecified atom stereocenters. The van der Waals surface area contributed by atoms with Crippen molar-refractivity contribution in [2.75, 3.05) is 26.3 Å². The van der Waals surface area contributed by atoms with Crippen LogP contribution in [-0.2, 0) is 4.79 Å². The van der Waals surface area contributed by atoms with Crippen molar-refractivity contribution in [1.82, 2.24) is 5.32 Å². The van der Waals surface area contributed by atoms with E-state index in [2.05, 4.69) is 5.32 Å². The lowest BCUT2D eigenvalue weighted by Gasteiger charge is -2.11. The summed E-state index contributed by atoms with van der Waals surface area (Å²) >= 11 is 0. The first kappa shape index (κ1) is 15.3. The van der Waals surface area contributed by atoms with Gasteiger partial charge in [0.25, 0.3) is 0 Å². The number of ether oxygens (including phenoxy) is 2. The number of nitrogens with one attached hydrogen (secondary N) is 1. The third kappa shape index (κ3) is 6.67. The lowest BCUT2D eigenvalue weighted by atomic mass is 10.3. The Morgan fingerprint density at radius 2 is 1.89 bits per heavy atom. The van der Waals surface area contributed by atoms with Gasteiger partial charge in [-0.1, -0.05) is 12.1 Å². The SMILES string of the molecule is CCOc1ccccc1OCCNCCCC(N)=O. The molecular weight excluding hydrogens is 244 g/mol. The van der Waals surface area contributed by atoms with Crippen molar-refractivity contribution in [2.45, 2.75) is 19.8 Å². The van der Waals surface area contributed by atoms with E-state index in [9.17, 15) is 4.79 Å². The van der Waals surface area contributed by atoms with Crippen LogP contribution in [0.5, 0.6) is 11.5 Å². The first-order chi connectivity index (χ1) is 9.24. The van der Waals surface area contributed by atoms with Crippen LogP contribution in [0.1, 0.15) is 19.8 Å². The summed E-state index contributed by atoms with van der Waals surface area (Å²) in [7, 11) is 0. The van der Waals surface area contributed by atoms with Gasteiger partial charge in [-0.05, 0) is 32.0 Å². The van der Waals surface area contributed by atoms with Crippen molar-refractivity contribution < 1.29 is 14.3 Å². The predicted octanol–water partition coefficient (Wildman–Crippen LogP) is 1.32. The lowest BCUT2D eigenvalue weighted by Crippen LogP contribution is -2.23. The molecule has 1 amide bonds. The zero-order valence-corrected chi connectivity index (χ0v) is 11.4. The number of carbonyl (C=O) groups excluding carboxylic acids is 1. The van der Waals surface area contributed by atoms with E-state index < -0.39 is 0 Å². The van der Waals surface area contributed by atoms with Crippen molar-refractivity contribution in [3.8, 4) is 11.5 Å². The minimum atomic E-state index is -0.260. The minimum Gasteiger partial charge on any atom is -0.490 e. The van der Waals surface area contributed by atoms with Crippen LogP contribution in [0.2, 0.25) is 0 Å². The Morgan fingerprint density at radius 3 is 2.53 bits per heavy atom. The van der Waals surface area contributed by atoms with Gasteiger partial charge < -0.3 is 20.5 Å². The molecule has 5 nitrogen and oxygen atoms in total. The highest BCUT2D eigenvalue weighted by Crippen LogP contribution is 2.25. The normalized spacial score (nSPS) is 10.2. The summed E-state index contributed by atoms with van der Waals surface area (Å²) in [6.07, 6.45) is 1.17. The molecule has 0 saturated carbocycles.